The monoisotopic (exact) mass is 181 g/mol. The molecule has 2 rings (SSSR count). The van der Waals surface area contributed by atoms with Crippen molar-refractivity contribution in [2.75, 3.05) is 6.26 Å². The maximum Gasteiger partial charge on any atom is 0.0765 e. The number of aliphatic imine (C=N–C) groups is 1. The minimum atomic E-state index is 0.836. The minimum Gasteiger partial charge on any atom is -0.251 e. The van der Waals surface area contributed by atoms with Crippen molar-refractivity contribution in [1.29, 1.82) is 0 Å². The Morgan fingerprint density at radius 2 is 2.25 bits per heavy atom. The van der Waals surface area contributed by atoms with Crippen molar-refractivity contribution >= 4 is 16.8 Å². The lowest BCUT2D eigenvalue weighted by atomic mass is 10.1. The third-order valence-electron chi connectivity index (χ3n) is 2.73. The summed E-state index contributed by atoms with van der Waals surface area (Å²) >= 11 is 1.83. The molecule has 66 valence electrons. The molecule has 12 heavy (non-hydrogen) atoms. The Morgan fingerprint density at radius 1 is 1.50 bits per heavy atom. The van der Waals surface area contributed by atoms with Gasteiger partial charge in [-0.1, -0.05) is 5.57 Å². The van der Waals surface area contributed by atoms with E-state index in [1.807, 2.05) is 11.8 Å². The Balaban J connectivity index is 2.27. The lowest BCUT2D eigenvalue weighted by Crippen LogP contribution is -2.05. The van der Waals surface area contributed by atoms with Gasteiger partial charge in [0.1, 0.15) is 0 Å². The molecule has 0 bridgehead atoms. The largest absolute Gasteiger partial charge is 0.251 e. The maximum atomic E-state index is 4.68. The van der Waals surface area contributed by atoms with Crippen LogP contribution in [0, 0.1) is 11.8 Å². The molecule has 1 heterocycles. The zero-order chi connectivity index (χ0) is 8.72. The van der Waals surface area contributed by atoms with Crippen LogP contribution in [0.5, 0.6) is 0 Å². The van der Waals surface area contributed by atoms with Gasteiger partial charge in [0.2, 0.25) is 0 Å². The van der Waals surface area contributed by atoms with E-state index in [1.165, 1.54) is 29.2 Å². The smallest absolute Gasteiger partial charge is 0.0765 e. The Hall–Kier alpha value is -0.240. The van der Waals surface area contributed by atoms with E-state index in [1.54, 1.807) is 0 Å². The van der Waals surface area contributed by atoms with E-state index in [4.69, 9.17) is 0 Å². The van der Waals surface area contributed by atoms with Gasteiger partial charge in [-0.3, -0.25) is 4.99 Å². The summed E-state index contributed by atoms with van der Waals surface area (Å²) in [7, 11) is 0. The highest BCUT2D eigenvalue weighted by Gasteiger charge is 2.43. The lowest BCUT2D eigenvalue weighted by molar-refractivity contribution is 0.753. The molecular formula is C10H15NS. The first-order valence-corrected chi connectivity index (χ1v) is 5.73. The van der Waals surface area contributed by atoms with Crippen molar-refractivity contribution in [3.8, 4) is 0 Å². The van der Waals surface area contributed by atoms with Crippen LogP contribution in [-0.4, -0.2) is 11.3 Å². The van der Waals surface area contributed by atoms with E-state index >= 15 is 0 Å². The SMILES string of the molecule is CSC1=NC(=C(C)C)CC2CC12. The number of rotatable bonds is 0. The Kier molecular flexibility index (Phi) is 2.03. The van der Waals surface area contributed by atoms with Gasteiger partial charge in [0, 0.05) is 11.6 Å². The highest BCUT2D eigenvalue weighted by atomic mass is 32.2. The van der Waals surface area contributed by atoms with Crippen LogP contribution in [0.3, 0.4) is 0 Å². The number of thioether (sulfide) groups is 1. The van der Waals surface area contributed by atoms with Gasteiger partial charge < -0.3 is 0 Å². The van der Waals surface area contributed by atoms with E-state index in [0.717, 1.165) is 11.8 Å². The van der Waals surface area contributed by atoms with Crippen LogP contribution in [0.4, 0.5) is 0 Å². The van der Waals surface area contributed by atoms with Crippen LogP contribution in [0.25, 0.3) is 0 Å². The van der Waals surface area contributed by atoms with E-state index in [-0.39, 0.29) is 0 Å². The average Bonchev–Trinajstić information content (AvgIpc) is 2.80. The van der Waals surface area contributed by atoms with E-state index in [2.05, 4.69) is 25.1 Å². The Morgan fingerprint density at radius 3 is 2.83 bits per heavy atom. The van der Waals surface area contributed by atoms with Crippen molar-refractivity contribution in [3.63, 3.8) is 0 Å². The summed E-state index contributed by atoms with van der Waals surface area (Å²) in [4.78, 5) is 4.68. The van der Waals surface area contributed by atoms with Crippen LogP contribution in [0.2, 0.25) is 0 Å². The second-order valence-corrected chi connectivity index (χ2v) is 4.73. The van der Waals surface area contributed by atoms with E-state index in [9.17, 15) is 0 Å². The van der Waals surface area contributed by atoms with E-state index in [0.29, 0.717) is 0 Å². The number of hydrogen-bond donors (Lipinski definition) is 0. The number of fused-ring (bicyclic) bond motifs is 1. The standard InChI is InChI=1S/C10H15NS/c1-6(2)9-5-7-4-8(7)10(11-9)12-3/h7-8H,4-5H2,1-3H3. The number of nitrogens with zero attached hydrogens (tertiary/aromatic N) is 1. The second kappa shape index (κ2) is 2.91. The molecule has 0 aromatic rings. The molecule has 0 amide bonds. The first-order valence-electron chi connectivity index (χ1n) is 4.51. The molecule has 1 aliphatic carbocycles. The van der Waals surface area contributed by atoms with Crippen molar-refractivity contribution < 1.29 is 0 Å². The predicted octanol–water partition coefficient (Wildman–Crippen LogP) is 3.08. The number of allylic oxidation sites excluding steroid dienone is 2. The Labute approximate surface area is 78.3 Å². The fraction of sp³-hybridized carbons (Fsp3) is 0.700. The van der Waals surface area contributed by atoms with Crippen LogP contribution in [-0.2, 0) is 0 Å². The summed E-state index contributed by atoms with van der Waals surface area (Å²) in [6, 6.07) is 0. The minimum absolute atomic E-state index is 0.836. The van der Waals surface area contributed by atoms with Gasteiger partial charge in [-0.05, 0) is 38.9 Å². The fourth-order valence-electron chi connectivity index (χ4n) is 1.80. The van der Waals surface area contributed by atoms with Crippen molar-refractivity contribution in [3.05, 3.63) is 11.3 Å². The van der Waals surface area contributed by atoms with Crippen LogP contribution < -0.4 is 0 Å². The molecule has 2 unspecified atom stereocenters. The van der Waals surface area contributed by atoms with Crippen LogP contribution in [0.1, 0.15) is 26.7 Å². The maximum absolute atomic E-state index is 4.68. The molecule has 0 saturated heterocycles. The molecule has 0 aromatic carbocycles. The normalized spacial score (nSPS) is 32.6. The zero-order valence-electron chi connectivity index (χ0n) is 7.92. The quantitative estimate of drug-likeness (QED) is 0.559. The summed E-state index contributed by atoms with van der Waals surface area (Å²) in [5, 5.41) is 1.38. The van der Waals surface area contributed by atoms with Gasteiger partial charge in [-0.25, -0.2) is 0 Å². The zero-order valence-corrected chi connectivity index (χ0v) is 8.74. The van der Waals surface area contributed by atoms with Gasteiger partial charge >= 0.3 is 0 Å². The van der Waals surface area contributed by atoms with Crippen molar-refractivity contribution in [2.24, 2.45) is 16.8 Å². The molecule has 1 fully saturated rings. The molecule has 1 aliphatic heterocycles. The molecule has 2 heteroatoms. The van der Waals surface area contributed by atoms with Crippen LogP contribution in [0.15, 0.2) is 16.3 Å². The molecule has 0 spiro atoms. The highest BCUT2D eigenvalue weighted by molar-refractivity contribution is 8.13. The third kappa shape index (κ3) is 1.33. The summed E-state index contributed by atoms with van der Waals surface area (Å²) in [5.41, 5.74) is 2.74. The summed E-state index contributed by atoms with van der Waals surface area (Å²) in [6.07, 6.45) is 4.76. The molecule has 2 aliphatic rings. The molecule has 2 atom stereocenters. The van der Waals surface area contributed by atoms with E-state index < -0.39 is 0 Å². The summed E-state index contributed by atoms with van der Waals surface area (Å²) in [6.45, 7) is 4.33. The number of hydrogen-bond acceptors (Lipinski definition) is 2. The highest BCUT2D eigenvalue weighted by Crippen LogP contribution is 2.50. The van der Waals surface area contributed by atoms with Crippen molar-refractivity contribution in [1.82, 2.24) is 0 Å². The third-order valence-corrected chi connectivity index (χ3v) is 3.54. The molecule has 1 nitrogen and oxygen atoms in total. The molecule has 1 saturated carbocycles. The first kappa shape index (κ1) is 8.36. The van der Waals surface area contributed by atoms with Crippen molar-refractivity contribution in [2.45, 2.75) is 26.7 Å². The predicted molar refractivity (Wildman–Crippen MR) is 55.5 cm³/mol. The van der Waals surface area contributed by atoms with Gasteiger partial charge in [0.15, 0.2) is 0 Å². The summed E-state index contributed by atoms with van der Waals surface area (Å²) < 4.78 is 0. The van der Waals surface area contributed by atoms with Gasteiger partial charge in [-0.15, -0.1) is 11.8 Å². The molecular weight excluding hydrogens is 166 g/mol. The lowest BCUT2D eigenvalue weighted by Gasteiger charge is -2.12. The van der Waals surface area contributed by atoms with Gasteiger partial charge in [0.05, 0.1) is 5.04 Å². The molecule has 0 radical (unpaired) electrons. The average molecular weight is 181 g/mol. The van der Waals surface area contributed by atoms with Gasteiger partial charge in [0.25, 0.3) is 0 Å². The molecule has 0 N–H and O–H groups in total. The van der Waals surface area contributed by atoms with Crippen LogP contribution >= 0.6 is 11.8 Å². The topological polar surface area (TPSA) is 12.4 Å². The summed E-state index contributed by atoms with van der Waals surface area (Å²) in [5.74, 6) is 1.78. The fourth-order valence-corrected chi connectivity index (χ4v) is 2.59. The molecule has 0 aromatic heterocycles. The Bertz CT molecular complexity index is 261. The first-order chi connectivity index (χ1) is 5.72. The van der Waals surface area contributed by atoms with Gasteiger partial charge in [-0.2, -0.15) is 0 Å². The second-order valence-electron chi connectivity index (χ2n) is 3.91.